The van der Waals surface area contributed by atoms with Gasteiger partial charge >= 0.3 is 5.97 Å². The van der Waals surface area contributed by atoms with E-state index in [2.05, 4.69) is 43.5 Å². The minimum atomic E-state index is -0.843. The molecule has 0 rings (SSSR count). The second-order valence-corrected chi connectivity index (χ2v) is 22.5. The second kappa shape index (κ2) is 62.6. The monoisotopic (exact) mass is 1030 g/mol. The maximum absolute atomic E-state index is 12.5. The Morgan fingerprint density at radius 3 is 1.08 bits per heavy atom. The van der Waals surface area contributed by atoms with E-state index >= 15 is 0 Å². The highest BCUT2D eigenvalue weighted by Crippen LogP contribution is 2.18. The lowest BCUT2D eigenvalue weighted by Gasteiger charge is -2.20. The van der Waals surface area contributed by atoms with Crippen LogP contribution in [0.4, 0.5) is 0 Å². The molecule has 0 aliphatic carbocycles. The molecule has 3 N–H and O–H groups in total. The van der Waals surface area contributed by atoms with Crippen LogP contribution in [0.5, 0.6) is 0 Å². The third kappa shape index (κ3) is 59.2. The van der Waals surface area contributed by atoms with Crippen LogP contribution >= 0.6 is 0 Å². The molecule has 0 spiro atoms. The highest BCUT2D eigenvalue weighted by molar-refractivity contribution is 5.76. The minimum Gasteiger partial charge on any atom is -0.466 e. The van der Waals surface area contributed by atoms with E-state index in [1.165, 1.54) is 276 Å². The molecule has 0 heterocycles. The smallest absolute Gasteiger partial charge is 0.305 e. The van der Waals surface area contributed by atoms with E-state index in [1.54, 1.807) is 6.08 Å². The molecular formula is C67H127NO5. The zero-order valence-corrected chi connectivity index (χ0v) is 49.1. The van der Waals surface area contributed by atoms with Crippen molar-refractivity contribution >= 4 is 11.9 Å². The Bertz CT molecular complexity index is 1180. The molecule has 0 aliphatic heterocycles. The van der Waals surface area contributed by atoms with Crippen molar-refractivity contribution in [2.75, 3.05) is 13.2 Å². The molecule has 0 saturated carbocycles. The predicted octanol–water partition coefficient (Wildman–Crippen LogP) is 20.8. The van der Waals surface area contributed by atoms with Crippen LogP contribution < -0.4 is 5.32 Å². The van der Waals surface area contributed by atoms with Gasteiger partial charge in [0.1, 0.15) is 0 Å². The van der Waals surface area contributed by atoms with Crippen LogP contribution in [-0.2, 0) is 14.3 Å². The molecule has 6 heteroatoms. The van der Waals surface area contributed by atoms with Crippen LogP contribution in [-0.4, -0.2) is 47.4 Å². The summed E-state index contributed by atoms with van der Waals surface area (Å²) in [6.07, 6.45) is 79.1. The third-order valence-corrected chi connectivity index (χ3v) is 15.2. The molecule has 0 aromatic carbocycles. The largest absolute Gasteiger partial charge is 0.466 e. The molecule has 0 fully saturated rings. The van der Waals surface area contributed by atoms with E-state index < -0.39 is 12.1 Å². The van der Waals surface area contributed by atoms with Gasteiger partial charge < -0.3 is 20.3 Å². The van der Waals surface area contributed by atoms with Gasteiger partial charge in [-0.05, 0) is 57.8 Å². The second-order valence-electron chi connectivity index (χ2n) is 22.5. The lowest BCUT2D eigenvalue weighted by atomic mass is 10.0. The Kier molecular flexibility index (Phi) is 61.0. The molecule has 1 amide bonds. The zero-order valence-electron chi connectivity index (χ0n) is 49.1. The van der Waals surface area contributed by atoms with Gasteiger partial charge in [-0.25, -0.2) is 0 Å². The third-order valence-electron chi connectivity index (χ3n) is 15.2. The summed E-state index contributed by atoms with van der Waals surface area (Å²) < 4.78 is 5.48. The highest BCUT2D eigenvalue weighted by Gasteiger charge is 2.18. The predicted molar refractivity (Wildman–Crippen MR) is 319 cm³/mol. The van der Waals surface area contributed by atoms with Crippen molar-refractivity contribution in [1.29, 1.82) is 0 Å². The molecule has 2 atom stereocenters. The topological polar surface area (TPSA) is 95.9 Å². The Labute approximate surface area is 455 Å². The molecule has 0 aromatic heterocycles. The summed E-state index contributed by atoms with van der Waals surface area (Å²) in [7, 11) is 0. The Balaban J connectivity index is 3.38. The number of allylic oxidation sites excluding steroid dienone is 5. The summed E-state index contributed by atoms with van der Waals surface area (Å²) in [6, 6.07) is -0.626. The van der Waals surface area contributed by atoms with Crippen molar-refractivity contribution < 1.29 is 24.5 Å². The number of rotatable bonds is 61. The summed E-state index contributed by atoms with van der Waals surface area (Å²) >= 11 is 0. The zero-order chi connectivity index (χ0) is 52.9. The van der Waals surface area contributed by atoms with Crippen molar-refractivity contribution in [1.82, 2.24) is 5.32 Å². The van der Waals surface area contributed by atoms with E-state index in [0.717, 1.165) is 51.4 Å². The molecule has 0 aliphatic rings. The van der Waals surface area contributed by atoms with E-state index in [-0.39, 0.29) is 18.5 Å². The van der Waals surface area contributed by atoms with Gasteiger partial charge in [-0.3, -0.25) is 9.59 Å². The van der Waals surface area contributed by atoms with Crippen LogP contribution in [0.25, 0.3) is 0 Å². The first kappa shape index (κ1) is 71.1. The number of aliphatic hydroxyl groups excluding tert-OH is 2. The molecule has 0 aromatic rings. The summed E-state index contributed by atoms with van der Waals surface area (Å²) in [5.41, 5.74) is 0. The Hall–Kier alpha value is -1.92. The lowest BCUT2D eigenvalue weighted by Crippen LogP contribution is -2.45. The van der Waals surface area contributed by atoms with Crippen LogP contribution in [0, 0.1) is 0 Å². The van der Waals surface area contributed by atoms with Crippen molar-refractivity contribution in [3.8, 4) is 0 Å². The molecule has 0 bridgehead atoms. The number of amides is 1. The maximum Gasteiger partial charge on any atom is 0.305 e. The van der Waals surface area contributed by atoms with Crippen LogP contribution in [0.1, 0.15) is 354 Å². The van der Waals surface area contributed by atoms with Gasteiger partial charge in [0, 0.05) is 12.8 Å². The van der Waals surface area contributed by atoms with Gasteiger partial charge in [0.05, 0.1) is 25.4 Å². The quantitative estimate of drug-likeness (QED) is 0.0320. The van der Waals surface area contributed by atoms with Gasteiger partial charge in [-0.1, -0.05) is 320 Å². The fourth-order valence-corrected chi connectivity index (χ4v) is 10.1. The van der Waals surface area contributed by atoms with Crippen LogP contribution in [0.2, 0.25) is 0 Å². The fraction of sp³-hybridized carbons (Fsp3) is 0.881. The van der Waals surface area contributed by atoms with Crippen molar-refractivity contribution in [3.63, 3.8) is 0 Å². The average molecular weight is 1030 g/mol. The van der Waals surface area contributed by atoms with E-state index in [9.17, 15) is 19.8 Å². The number of carbonyl (C=O) groups excluding carboxylic acids is 2. The van der Waals surface area contributed by atoms with Crippen LogP contribution in [0.3, 0.4) is 0 Å². The first-order valence-electron chi connectivity index (χ1n) is 32.8. The molecule has 430 valence electrons. The van der Waals surface area contributed by atoms with Crippen molar-refractivity contribution in [2.45, 2.75) is 366 Å². The highest BCUT2D eigenvalue weighted by atomic mass is 16.5. The lowest BCUT2D eigenvalue weighted by molar-refractivity contribution is -0.143. The maximum atomic E-state index is 12.5. The summed E-state index contributed by atoms with van der Waals surface area (Å²) in [6.45, 7) is 4.88. The summed E-state index contributed by atoms with van der Waals surface area (Å²) in [5.74, 6) is -0.0616. The van der Waals surface area contributed by atoms with E-state index in [1.807, 2.05) is 6.08 Å². The summed E-state index contributed by atoms with van der Waals surface area (Å²) in [5, 5.41) is 23.2. The first-order valence-corrected chi connectivity index (χ1v) is 32.8. The van der Waals surface area contributed by atoms with E-state index in [0.29, 0.717) is 19.4 Å². The minimum absolute atomic E-state index is 0.00231. The molecule has 0 radical (unpaired) electrons. The van der Waals surface area contributed by atoms with Crippen LogP contribution in [0.15, 0.2) is 36.5 Å². The molecular weight excluding hydrogens is 899 g/mol. The normalized spacial score (nSPS) is 12.8. The Morgan fingerprint density at radius 1 is 0.384 bits per heavy atom. The number of esters is 1. The van der Waals surface area contributed by atoms with Gasteiger partial charge in [-0.2, -0.15) is 0 Å². The number of nitrogens with one attached hydrogen (secondary N) is 1. The number of hydrogen-bond acceptors (Lipinski definition) is 5. The number of unbranched alkanes of at least 4 members (excludes halogenated alkanes) is 46. The number of aliphatic hydroxyl groups is 2. The fourth-order valence-electron chi connectivity index (χ4n) is 10.1. The first-order chi connectivity index (χ1) is 36.0. The van der Waals surface area contributed by atoms with Gasteiger partial charge in [-0.15, -0.1) is 0 Å². The molecule has 73 heavy (non-hydrogen) atoms. The average Bonchev–Trinajstić information content (AvgIpc) is 3.39. The van der Waals surface area contributed by atoms with E-state index in [4.69, 9.17) is 4.74 Å². The summed E-state index contributed by atoms with van der Waals surface area (Å²) in [4.78, 5) is 24.5. The molecule has 0 saturated heterocycles. The molecule has 2 unspecified atom stereocenters. The van der Waals surface area contributed by atoms with Crippen molar-refractivity contribution in [2.24, 2.45) is 0 Å². The standard InChI is InChI=1S/C67H127NO5/c1-3-5-7-9-11-13-15-17-19-32-35-39-43-47-51-55-59-65(70)64(63-69)68-66(71)60-56-52-48-44-40-36-33-30-28-26-24-22-20-21-23-25-27-29-31-34-38-42-46-50-54-58-62-73-67(72)61-57-53-49-45-41-37-18-16-14-12-10-8-6-4-2/h10,12,16,18,55,59,64-65,69-70H,3-9,11,13-15,17,19-54,56-58,60-63H2,1-2H3,(H,68,71)/b12-10-,18-16-,59-55+. The van der Waals surface area contributed by atoms with Gasteiger partial charge in [0.25, 0.3) is 0 Å². The Morgan fingerprint density at radius 2 is 0.699 bits per heavy atom. The number of carbonyl (C=O) groups is 2. The number of hydrogen-bond donors (Lipinski definition) is 3. The number of ether oxygens (including phenoxy) is 1. The van der Waals surface area contributed by atoms with Gasteiger partial charge in [0.15, 0.2) is 0 Å². The SMILES string of the molecule is CCCC/C=C\C/C=C\CCCCCCCC(=O)OCCCCCCCCCCCCCCCCCCCCCCCCCCCCC(=O)NC(CO)C(O)/C=C/CCCCCCCCCCCCCCCC. The van der Waals surface area contributed by atoms with Gasteiger partial charge in [0.2, 0.25) is 5.91 Å². The molecule has 6 nitrogen and oxygen atoms in total. The van der Waals surface area contributed by atoms with Crippen molar-refractivity contribution in [3.05, 3.63) is 36.5 Å².